The van der Waals surface area contributed by atoms with Gasteiger partial charge in [-0.3, -0.25) is 0 Å². The first kappa shape index (κ1) is 13.7. The third kappa shape index (κ3) is 3.40. The van der Waals surface area contributed by atoms with E-state index in [9.17, 15) is 4.79 Å². The molecule has 0 bridgehead atoms. The lowest BCUT2D eigenvalue weighted by Crippen LogP contribution is -2.23. The molecule has 0 unspecified atom stereocenters. The van der Waals surface area contributed by atoms with Crippen LogP contribution < -0.4 is 10.5 Å². The molecule has 4 nitrogen and oxygen atoms in total. The van der Waals surface area contributed by atoms with E-state index < -0.39 is 0 Å². The number of carbonyl (C=O) groups excluding carboxylic acids is 1. The van der Waals surface area contributed by atoms with E-state index >= 15 is 0 Å². The molecule has 1 fully saturated rings. The summed E-state index contributed by atoms with van der Waals surface area (Å²) in [6.45, 7) is 2.27. The van der Waals surface area contributed by atoms with Gasteiger partial charge in [0.2, 0.25) is 0 Å². The van der Waals surface area contributed by atoms with Gasteiger partial charge >= 0.3 is 5.97 Å². The van der Waals surface area contributed by atoms with Gasteiger partial charge in [0.05, 0.1) is 24.5 Å². The van der Waals surface area contributed by atoms with Crippen molar-refractivity contribution in [1.82, 2.24) is 0 Å². The summed E-state index contributed by atoms with van der Waals surface area (Å²) < 4.78 is 10.6. The third-order valence-electron chi connectivity index (χ3n) is 3.69. The molecule has 1 aliphatic carbocycles. The van der Waals surface area contributed by atoms with Gasteiger partial charge in [-0.15, -0.1) is 0 Å². The molecule has 1 aliphatic rings. The predicted octanol–water partition coefficient (Wildman–Crippen LogP) is 3.01. The predicted molar refractivity (Wildman–Crippen MR) is 74.2 cm³/mol. The quantitative estimate of drug-likeness (QED) is 0.672. The van der Waals surface area contributed by atoms with Gasteiger partial charge in [-0.1, -0.05) is 6.92 Å². The molecule has 19 heavy (non-hydrogen) atoms. The average Bonchev–Trinajstić information content (AvgIpc) is 2.43. The van der Waals surface area contributed by atoms with Crippen LogP contribution in [-0.2, 0) is 4.74 Å². The second-order valence-corrected chi connectivity index (χ2v) is 5.24. The van der Waals surface area contributed by atoms with Crippen LogP contribution in [0, 0.1) is 5.92 Å². The Morgan fingerprint density at radius 2 is 1.95 bits per heavy atom. The number of hydrogen-bond donors (Lipinski definition) is 1. The number of hydrogen-bond acceptors (Lipinski definition) is 4. The van der Waals surface area contributed by atoms with Crippen LogP contribution in [-0.4, -0.2) is 19.2 Å². The first-order valence-corrected chi connectivity index (χ1v) is 6.74. The van der Waals surface area contributed by atoms with Crippen molar-refractivity contribution in [1.29, 1.82) is 0 Å². The summed E-state index contributed by atoms with van der Waals surface area (Å²) in [7, 11) is 1.36. The molecule has 4 heteroatoms. The standard InChI is InChI=1S/C15H21NO3/c1-10-3-6-12(7-4-10)19-14-9-11(15(17)18-2)5-8-13(14)16/h5,8-10,12H,3-4,6-7,16H2,1-2H3. The number of nitrogen functional groups attached to an aromatic ring is 1. The van der Waals surface area contributed by atoms with Crippen molar-refractivity contribution in [2.45, 2.75) is 38.7 Å². The summed E-state index contributed by atoms with van der Waals surface area (Å²) in [5, 5.41) is 0. The fraction of sp³-hybridized carbons (Fsp3) is 0.533. The topological polar surface area (TPSA) is 61.5 Å². The van der Waals surface area contributed by atoms with Gasteiger partial charge in [-0.2, -0.15) is 0 Å². The van der Waals surface area contributed by atoms with Gasteiger partial charge < -0.3 is 15.2 Å². The Kier molecular flexibility index (Phi) is 4.30. The number of rotatable bonds is 3. The first-order chi connectivity index (χ1) is 9.10. The van der Waals surface area contributed by atoms with Crippen LogP contribution in [0.25, 0.3) is 0 Å². The van der Waals surface area contributed by atoms with E-state index in [1.165, 1.54) is 20.0 Å². The maximum absolute atomic E-state index is 11.5. The number of esters is 1. The summed E-state index contributed by atoms with van der Waals surface area (Å²) >= 11 is 0. The summed E-state index contributed by atoms with van der Waals surface area (Å²) in [5.74, 6) is 0.989. The van der Waals surface area contributed by atoms with Crippen molar-refractivity contribution in [2.75, 3.05) is 12.8 Å². The molecule has 1 saturated carbocycles. The molecule has 104 valence electrons. The van der Waals surface area contributed by atoms with E-state index in [-0.39, 0.29) is 12.1 Å². The van der Waals surface area contributed by atoms with Crippen molar-refractivity contribution in [3.63, 3.8) is 0 Å². The second-order valence-electron chi connectivity index (χ2n) is 5.24. The zero-order valence-corrected chi connectivity index (χ0v) is 11.5. The monoisotopic (exact) mass is 263 g/mol. The van der Waals surface area contributed by atoms with Crippen molar-refractivity contribution in [3.05, 3.63) is 23.8 Å². The fourth-order valence-electron chi connectivity index (χ4n) is 2.41. The van der Waals surface area contributed by atoms with E-state index in [0.717, 1.165) is 18.8 Å². The van der Waals surface area contributed by atoms with Crippen LogP contribution in [0.3, 0.4) is 0 Å². The van der Waals surface area contributed by atoms with E-state index in [2.05, 4.69) is 6.92 Å². The largest absolute Gasteiger partial charge is 0.488 e. The van der Waals surface area contributed by atoms with Gasteiger partial charge in [0, 0.05) is 0 Å². The Balaban J connectivity index is 2.08. The number of nitrogens with two attached hydrogens (primary N) is 1. The van der Waals surface area contributed by atoms with Crippen molar-refractivity contribution >= 4 is 11.7 Å². The van der Waals surface area contributed by atoms with Crippen LogP contribution in [0.1, 0.15) is 43.0 Å². The lowest BCUT2D eigenvalue weighted by molar-refractivity contribution is 0.0599. The van der Waals surface area contributed by atoms with Gasteiger partial charge in [0.25, 0.3) is 0 Å². The zero-order valence-electron chi connectivity index (χ0n) is 11.5. The molecule has 2 rings (SSSR count). The Morgan fingerprint density at radius 3 is 2.58 bits per heavy atom. The Labute approximate surface area is 113 Å². The molecule has 0 atom stereocenters. The SMILES string of the molecule is COC(=O)c1ccc(N)c(OC2CCC(C)CC2)c1. The minimum atomic E-state index is -0.373. The third-order valence-corrected chi connectivity index (χ3v) is 3.69. The summed E-state index contributed by atoms with van der Waals surface area (Å²) in [5.41, 5.74) is 6.93. The molecule has 0 amide bonds. The molecule has 0 aliphatic heterocycles. The molecule has 2 N–H and O–H groups in total. The highest BCUT2D eigenvalue weighted by atomic mass is 16.5. The van der Waals surface area contributed by atoms with Crippen LogP contribution in [0.2, 0.25) is 0 Å². The number of methoxy groups -OCH3 is 1. The van der Waals surface area contributed by atoms with Crippen molar-refractivity contribution in [2.24, 2.45) is 5.92 Å². The number of benzene rings is 1. The molecular weight excluding hydrogens is 242 g/mol. The minimum absolute atomic E-state index is 0.200. The van der Waals surface area contributed by atoms with Gasteiger partial charge in [0.1, 0.15) is 5.75 Å². The zero-order chi connectivity index (χ0) is 13.8. The Hall–Kier alpha value is -1.71. The molecule has 0 heterocycles. The summed E-state index contributed by atoms with van der Waals surface area (Å²) in [6.07, 6.45) is 4.65. The second kappa shape index (κ2) is 5.95. The molecule has 1 aromatic carbocycles. The van der Waals surface area contributed by atoms with Crippen molar-refractivity contribution in [3.8, 4) is 5.75 Å². The normalized spacial score (nSPS) is 22.8. The van der Waals surface area contributed by atoms with Gasteiger partial charge in [0.15, 0.2) is 0 Å². The van der Waals surface area contributed by atoms with Crippen LogP contribution in [0.4, 0.5) is 5.69 Å². The highest BCUT2D eigenvalue weighted by Crippen LogP contribution is 2.30. The van der Waals surface area contributed by atoms with Crippen LogP contribution in [0.15, 0.2) is 18.2 Å². The fourth-order valence-corrected chi connectivity index (χ4v) is 2.41. The lowest BCUT2D eigenvalue weighted by Gasteiger charge is -2.27. The smallest absolute Gasteiger partial charge is 0.337 e. The Bertz CT molecular complexity index is 451. The Morgan fingerprint density at radius 1 is 1.26 bits per heavy atom. The first-order valence-electron chi connectivity index (χ1n) is 6.74. The van der Waals surface area contributed by atoms with E-state index in [1.807, 2.05) is 0 Å². The molecule has 0 aromatic heterocycles. The number of ether oxygens (including phenoxy) is 2. The maximum Gasteiger partial charge on any atom is 0.337 e. The highest BCUT2D eigenvalue weighted by Gasteiger charge is 2.20. The minimum Gasteiger partial charge on any atom is -0.488 e. The lowest BCUT2D eigenvalue weighted by atomic mass is 9.89. The van der Waals surface area contributed by atoms with Gasteiger partial charge in [-0.25, -0.2) is 4.79 Å². The van der Waals surface area contributed by atoms with Gasteiger partial charge in [-0.05, 0) is 49.8 Å². The summed E-state index contributed by atoms with van der Waals surface area (Å²) in [4.78, 5) is 11.5. The van der Waals surface area contributed by atoms with Crippen LogP contribution >= 0.6 is 0 Å². The van der Waals surface area contributed by atoms with E-state index in [0.29, 0.717) is 17.0 Å². The molecular formula is C15H21NO3. The molecule has 1 aromatic rings. The highest BCUT2D eigenvalue weighted by molar-refractivity contribution is 5.90. The van der Waals surface area contributed by atoms with Crippen molar-refractivity contribution < 1.29 is 14.3 Å². The van der Waals surface area contributed by atoms with E-state index in [1.54, 1.807) is 18.2 Å². The van der Waals surface area contributed by atoms with E-state index in [4.69, 9.17) is 15.2 Å². The van der Waals surface area contributed by atoms with Crippen LogP contribution in [0.5, 0.6) is 5.75 Å². The molecule has 0 saturated heterocycles. The maximum atomic E-state index is 11.5. The summed E-state index contributed by atoms with van der Waals surface area (Å²) in [6, 6.07) is 5.00. The molecule has 0 spiro atoms. The number of carbonyl (C=O) groups is 1. The molecule has 0 radical (unpaired) electrons. The average molecular weight is 263 g/mol. The number of anilines is 1.